The highest BCUT2D eigenvalue weighted by Crippen LogP contribution is 2.63. The van der Waals surface area contributed by atoms with Crippen molar-refractivity contribution in [3.8, 4) is 0 Å². The molecule has 0 aromatic heterocycles. The Hall–Kier alpha value is -0.850. The summed E-state index contributed by atoms with van der Waals surface area (Å²) < 4.78 is 0. The molecule has 5 atom stereocenters. The monoisotopic (exact) mass is 330 g/mol. The number of allylic oxidation sites excluding steroid dienone is 4. The lowest BCUT2D eigenvalue weighted by Crippen LogP contribution is -2.54. The number of fused-ring (bicyclic) bond motifs is 1. The molecular formula is C23H38O. The number of hydrogen-bond acceptors (Lipinski definition) is 1. The van der Waals surface area contributed by atoms with Gasteiger partial charge in [0, 0.05) is 0 Å². The molecule has 0 bridgehead atoms. The lowest BCUT2D eigenvalue weighted by Gasteiger charge is -2.58. The summed E-state index contributed by atoms with van der Waals surface area (Å²) in [7, 11) is 0. The Morgan fingerprint density at radius 2 is 1.96 bits per heavy atom. The second-order valence-electron chi connectivity index (χ2n) is 9.42. The van der Waals surface area contributed by atoms with Gasteiger partial charge in [-0.05, 0) is 68.6 Å². The summed E-state index contributed by atoms with van der Waals surface area (Å²) in [6.07, 6.45) is 12.1. The number of carbonyl (C=O) groups is 1. The lowest BCUT2D eigenvalue weighted by molar-refractivity contribution is -0.131. The molecule has 0 heterocycles. The first kappa shape index (κ1) is 19.5. The molecule has 1 nitrogen and oxygen atoms in total. The van der Waals surface area contributed by atoms with Crippen LogP contribution in [0.1, 0.15) is 80.6 Å². The van der Waals surface area contributed by atoms with Crippen LogP contribution >= 0.6 is 0 Å². The molecule has 0 N–H and O–H groups in total. The van der Waals surface area contributed by atoms with Crippen molar-refractivity contribution in [2.24, 2.45) is 34.5 Å². The first-order valence-corrected chi connectivity index (χ1v) is 10.0. The smallest absolute Gasteiger partial charge is 0.131 e. The van der Waals surface area contributed by atoms with Gasteiger partial charge in [0.1, 0.15) is 6.29 Å². The fraction of sp³-hybridized carbons (Fsp3) is 0.783. The second kappa shape index (κ2) is 7.18. The fourth-order valence-electron chi connectivity index (χ4n) is 5.55. The zero-order valence-corrected chi connectivity index (χ0v) is 17.0. The maximum Gasteiger partial charge on any atom is 0.131 e. The van der Waals surface area contributed by atoms with Gasteiger partial charge in [-0.3, -0.25) is 0 Å². The number of hydrogen-bond donors (Lipinski definition) is 0. The largest absolute Gasteiger partial charge is 0.302 e. The summed E-state index contributed by atoms with van der Waals surface area (Å²) in [4.78, 5) is 12.7. The van der Waals surface area contributed by atoms with E-state index in [1.807, 2.05) is 0 Å². The van der Waals surface area contributed by atoms with Crippen molar-refractivity contribution in [3.05, 3.63) is 23.3 Å². The van der Waals surface area contributed by atoms with Crippen LogP contribution < -0.4 is 0 Å². The highest BCUT2D eigenvalue weighted by atomic mass is 16.1. The zero-order valence-electron chi connectivity index (χ0n) is 17.0. The molecule has 136 valence electrons. The average Bonchev–Trinajstić information content (AvgIpc) is 2.52. The Morgan fingerprint density at radius 3 is 2.50 bits per heavy atom. The van der Waals surface area contributed by atoms with E-state index in [-0.39, 0.29) is 10.8 Å². The summed E-state index contributed by atoms with van der Waals surface area (Å²) in [5.74, 6) is 2.00. The predicted molar refractivity (Wildman–Crippen MR) is 104 cm³/mol. The molecule has 0 aromatic carbocycles. The van der Waals surface area contributed by atoms with Gasteiger partial charge in [0.2, 0.25) is 0 Å². The SMILES string of the molecule is CC[C@@H](C)/C=C\[C@H]1[C@@H](C)CC[C@H]2C(C)(C)CCC(=C(C)C)[C@]12C=O. The van der Waals surface area contributed by atoms with Crippen LogP contribution in [0.5, 0.6) is 0 Å². The Balaban J connectivity index is 2.60. The van der Waals surface area contributed by atoms with Gasteiger partial charge in [0.05, 0.1) is 5.41 Å². The average molecular weight is 331 g/mol. The summed E-state index contributed by atoms with van der Waals surface area (Å²) in [5.41, 5.74) is 2.80. The molecule has 0 saturated heterocycles. The van der Waals surface area contributed by atoms with E-state index in [1.54, 1.807) is 0 Å². The lowest BCUT2D eigenvalue weighted by atomic mass is 9.44. The Kier molecular flexibility index (Phi) is 5.83. The van der Waals surface area contributed by atoms with Crippen LogP contribution in [0.2, 0.25) is 0 Å². The van der Waals surface area contributed by atoms with E-state index in [9.17, 15) is 4.79 Å². The first-order chi connectivity index (χ1) is 11.2. The zero-order chi connectivity index (χ0) is 18.1. The van der Waals surface area contributed by atoms with Crippen molar-refractivity contribution in [1.82, 2.24) is 0 Å². The Labute approximate surface area is 150 Å². The minimum atomic E-state index is -0.276. The first-order valence-electron chi connectivity index (χ1n) is 10.0. The van der Waals surface area contributed by atoms with Gasteiger partial charge in [-0.15, -0.1) is 0 Å². The topological polar surface area (TPSA) is 17.1 Å². The van der Waals surface area contributed by atoms with Crippen molar-refractivity contribution >= 4 is 6.29 Å². The maximum atomic E-state index is 12.7. The molecule has 1 heteroatoms. The predicted octanol–water partition coefficient (Wildman–Crippen LogP) is 6.59. The van der Waals surface area contributed by atoms with E-state index in [2.05, 4.69) is 60.6 Å². The highest BCUT2D eigenvalue weighted by Gasteiger charge is 2.58. The van der Waals surface area contributed by atoms with E-state index in [1.165, 1.54) is 36.7 Å². The molecule has 0 aliphatic heterocycles. The van der Waals surface area contributed by atoms with E-state index in [0.29, 0.717) is 23.7 Å². The summed E-state index contributed by atoms with van der Waals surface area (Å²) in [5, 5.41) is 0. The van der Waals surface area contributed by atoms with E-state index >= 15 is 0 Å². The Morgan fingerprint density at radius 1 is 1.29 bits per heavy atom. The van der Waals surface area contributed by atoms with Crippen LogP contribution in [-0.2, 0) is 4.79 Å². The summed E-state index contributed by atoms with van der Waals surface area (Å²) in [6, 6.07) is 0. The van der Waals surface area contributed by atoms with Gasteiger partial charge in [-0.25, -0.2) is 0 Å². The normalized spacial score (nSPS) is 37.1. The van der Waals surface area contributed by atoms with Gasteiger partial charge >= 0.3 is 0 Å². The van der Waals surface area contributed by atoms with Crippen molar-refractivity contribution in [2.45, 2.75) is 80.6 Å². The third-order valence-electron chi connectivity index (χ3n) is 7.23. The summed E-state index contributed by atoms with van der Waals surface area (Å²) >= 11 is 0. The van der Waals surface area contributed by atoms with Gasteiger partial charge in [0.15, 0.2) is 0 Å². The molecule has 2 fully saturated rings. The van der Waals surface area contributed by atoms with Crippen LogP contribution in [0, 0.1) is 34.5 Å². The van der Waals surface area contributed by atoms with Gasteiger partial charge < -0.3 is 4.79 Å². The van der Waals surface area contributed by atoms with Crippen molar-refractivity contribution in [2.75, 3.05) is 0 Å². The van der Waals surface area contributed by atoms with E-state index in [4.69, 9.17) is 0 Å². The van der Waals surface area contributed by atoms with Gasteiger partial charge in [0.25, 0.3) is 0 Å². The number of rotatable bonds is 4. The minimum Gasteiger partial charge on any atom is -0.302 e. The Bertz CT molecular complexity index is 520. The van der Waals surface area contributed by atoms with Crippen LogP contribution in [0.3, 0.4) is 0 Å². The molecule has 0 amide bonds. The van der Waals surface area contributed by atoms with Crippen molar-refractivity contribution < 1.29 is 4.79 Å². The third-order valence-corrected chi connectivity index (χ3v) is 7.23. The summed E-state index contributed by atoms with van der Waals surface area (Å²) in [6.45, 7) is 16.1. The standard InChI is InChI=1S/C23H38O/c1-8-17(4)9-11-20-18(5)10-12-21-22(6,7)14-13-19(16(2)3)23(20,21)15-24/h9,11,15,17-18,20-21H,8,10,12-14H2,1-7H3/b11-9-/t17-,18+,20+,21+,23-/m1/s1. The minimum absolute atomic E-state index is 0.252. The van der Waals surface area contributed by atoms with Crippen LogP contribution in [0.15, 0.2) is 23.3 Å². The van der Waals surface area contributed by atoms with Crippen molar-refractivity contribution in [3.63, 3.8) is 0 Å². The second-order valence-corrected chi connectivity index (χ2v) is 9.42. The highest BCUT2D eigenvalue weighted by molar-refractivity contribution is 5.69. The molecule has 0 radical (unpaired) electrons. The molecule has 2 rings (SSSR count). The third kappa shape index (κ3) is 3.16. The molecule has 2 aliphatic carbocycles. The quantitative estimate of drug-likeness (QED) is 0.419. The van der Waals surface area contributed by atoms with E-state index < -0.39 is 0 Å². The molecule has 24 heavy (non-hydrogen) atoms. The fourth-order valence-corrected chi connectivity index (χ4v) is 5.55. The molecule has 2 aliphatic rings. The molecule has 0 aromatic rings. The van der Waals surface area contributed by atoms with Crippen molar-refractivity contribution in [1.29, 1.82) is 0 Å². The van der Waals surface area contributed by atoms with Crippen LogP contribution in [0.25, 0.3) is 0 Å². The number of carbonyl (C=O) groups excluding carboxylic acids is 1. The van der Waals surface area contributed by atoms with Gasteiger partial charge in [-0.2, -0.15) is 0 Å². The number of aldehydes is 1. The molecule has 2 saturated carbocycles. The molecule has 0 spiro atoms. The molecule has 0 unspecified atom stereocenters. The van der Waals surface area contributed by atoms with Crippen LogP contribution in [0.4, 0.5) is 0 Å². The van der Waals surface area contributed by atoms with Gasteiger partial charge in [-0.1, -0.05) is 64.3 Å². The van der Waals surface area contributed by atoms with Crippen LogP contribution in [-0.4, -0.2) is 6.29 Å². The maximum absolute atomic E-state index is 12.7. The van der Waals surface area contributed by atoms with E-state index in [0.717, 1.165) is 12.8 Å². The molecular weight excluding hydrogens is 292 g/mol.